The maximum atomic E-state index is 12.1. The van der Waals surface area contributed by atoms with Crippen LogP contribution in [0.5, 0.6) is 5.75 Å². The first-order valence-corrected chi connectivity index (χ1v) is 7.64. The summed E-state index contributed by atoms with van der Waals surface area (Å²) in [4.78, 5) is 12.1. The van der Waals surface area contributed by atoms with Crippen LogP contribution in [0.3, 0.4) is 0 Å². The van der Waals surface area contributed by atoms with E-state index in [9.17, 15) is 9.90 Å². The van der Waals surface area contributed by atoms with Gasteiger partial charge in [-0.05, 0) is 42.7 Å². The van der Waals surface area contributed by atoms with Gasteiger partial charge in [-0.25, -0.2) is 0 Å². The third-order valence-corrected chi connectivity index (χ3v) is 3.83. The number of carbonyl (C=O) groups excluding carboxylic acids is 1. The number of hydrogen-bond acceptors (Lipinski definition) is 3. The number of methoxy groups -OCH3 is 1. The molecule has 0 heterocycles. The average Bonchev–Trinajstić information content (AvgIpc) is 2.56. The highest BCUT2D eigenvalue weighted by molar-refractivity contribution is 5.79. The number of ether oxygens (including phenoxy) is 1. The second kappa shape index (κ2) is 7.79. The van der Waals surface area contributed by atoms with Crippen LogP contribution in [0.25, 0.3) is 0 Å². The van der Waals surface area contributed by atoms with Crippen molar-refractivity contribution in [1.29, 1.82) is 0 Å². The fourth-order valence-electron chi connectivity index (χ4n) is 2.40. The Morgan fingerprint density at radius 1 is 1.22 bits per heavy atom. The maximum absolute atomic E-state index is 12.1. The summed E-state index contributed by atoms with van der Waals surface area (Å²) in [5, 5.41) is 13.0. The molecule has 23 heavy (non-hydrogen) atoms. The highest BCUT2D eigenvalue weighted by Gasteiger charge is 2.11. The van der Waals surface area contributed by atoms with Crippen LogP contribution >= 0.6 is 0 Å². The number of nitrogens with one attached hydrogen (secondary N) is 1. The average molecular weight is 313 g/mol. The lowest BCUT2D eigenvalue weighted by molar-refractivity contribution is -0.120. The molecule has 2 rings (SSSR count). The zero-order valence-corrected chi connectivity index (χ0v) is 13.8. The maximum Gasteiger partial charge on any atom is 0.224 e. The normalized spacial score (nSPS) is 11.8. The Hall–Kier alpha value is -2.33. The second-order valence-corrected chi connectivity index (χ2v) is 5.70. The van der Waals surface area contributed by atoms with Crippen LogP contribution < -0.4 is 10.1 Å². The molecule has 0 aliphatic rings. The van der Waals surface area contributed by atoms with Crippen molar-refractivity contribution in [2.75, 3.05) is 13.7 Å². The predicted molar refractivity (Wildman–Crippen MR) is 90.6 cm³/mol. The van der Waals surface area contributed by atoms with Crippen molar-refractivity contribution in [3.63, 3.8) is 0 Å². The molecule has 0 radical (unpaired) electrons. The van der Waals surface area contributed by atoms with E-state index in [1.54, 1.807) is 13.2 Å². The first-order chi connectivity index (χ1) is 11.0. The van der Waals surface area contributed by atoms with Gasteiger partial charge in [0.1, 0.15) is 5.75 Å². The molecule has 1 unspecified atom stereocenters. The van der Waals surface area contributed by atoms with Crippen molar-refractivity contribution in [1.82, 2.24) is 5.32 Å². The highest BCUT2D eigenvalue weighted by Crippen LogP contribution is 2.18. The van der Waals surface area contributed by atoms with E-state index in [2.05, 4.69) is 5.32 Å². The molecular formula is C19H23NO3. The largest absolute Gasteiger partial charge is 0.497 e. The van der Waals surface area contributed by atoms with E-state index in [-0.39, 0.29) is 12.5 Å². The van der Waals surface area contributed by atoms with Gasteiger partial charge < -0.3 is 15.2 Å². The summed E-state index contributed by atoms with van der Waals surface area (Å²) < 4.78 is 5.14. The topological polar surface area (TPSA) is 58.6 Å². The van der Waals surface area contributed by atoms with Crippen molar-refractivity contribution in [3.05, 3.63) is 64.7 Å². The first-order valence-electron chi connectivity index (χ1n) is 7.64. The van der Waals surface area contributed by atoms with E-state index in [0.29, 0.717) is 12.2 Å². The first kappa shape index (κ1) is 17.0. The zero-order chi connectivity index (χ0) is 16.8. The van der Waals surface area contributed by atoms with Gasteiger partial charge in [0, 0.05) is 6.54 Å². The molecule has 0 aromatic heterocycles. The molecule has 2 aromatic rings. The Balaban J connectivity index is 1.92. The number of carbonyl (C=O) groups is 1. The predicted octanol–water partition coefficient (Wildman–Crippen LogP) is 2.70. The summed E-state index contributed by atoms with van der Waals surface area (Å²) >= 11 is 0. The van der Waals surface area contributed by atoms with E-state index >= 15 is 0 Å². The molecule has 2 N–H and O–H groups in total. The summed E-state index contributed by atoms with van der Waals surface area (Å²) in [6, 6.07) is 13.3. The molecule has 0 bridgehead atoms. The Bertz CT molecular complexity index is 682. The van der Waals surface area contributed by atoms with Crippen LogP contribution in [-0.2, 0) is 11.2 Å². The highest BCUT2D eigenvalue weighted by atomic mass is 16.5. The Morgan fingerprint density at radius 2 is 2.00 bits per heavy atom. The Labute approximate surface area is 137 Å². The molecule has 0 spiro atoms. The number of aryl methyl sites for hydroxylation is 2. The lowest BCUT2D eigenvalue weighted by Crippen LogP contribution is -2.29. The van der Waals surface area contributed by atoms with Crippen LogP contribution in [0.15, 0.2) is 42.5 Å². The number of aliphatic hydroxyl groups excluding tert-OH is 1. The molecule has 2 aromatic carbocycles. The Morgan fingerprint density at radius 3 is 2.74 bits per heavy atom. The molecule has 0 saturated heterocycles. The minimum absolute atomic E-state index is 0.0966. The van der Waals surface area contributed by atoms with Crippen LogP contribution in [-0.4, -0.2) is 24.7 Å². The molecule has 4 heteroatoms. The Kier molecular flexibility index (Phi) is 5.77. The van der Waals surface area contributed by atoms with Crippen LogP contribution in [0, 0.1) is 13.8 Å². The fourth-order valence-corrected chi connectivity index (χ4v) is 2.40. The van der Waals surface area contributed by atoms with E-state index < -0.39 is 6.10 Å². The standard InChI is InChI=1S/C19H23NO3/c1-13-7-8-14(2)16(9-13)11-19(22)20-12-18(21)15-5-4-6-17(10-15)23-3/h4-10,18,21H,11-12H2,1-3H3,(H,20,22). The minimum atomic E-state index is -0.757. The lowest BCUT2D eigenvalue weighted by atomic mass is 10.0. The third kappa shape index (κ3) is 4.83. The number of benzene rings is 2. The fraction of sp³-hybridized carbons (Fsp3) is 0.316. The zero-order valence-electron chi connectivity index (χ0n) is 13.8. The molecule has 4 nitrogen and oxygen atoms in total. The number of rotatable bonds is 6. The number of amides is 1. The molecule has 0 fully saturated rings. The summed E-state index contributed by atoms with van der Waals surface area (Å²) in [7, 11) is 1.58. The van der Waals surface area contributed by atoms with Crippen molar-refractivity contribution in [3.8, 4) is 5.75 Å². The lowest BCUT2D eigenvalue weighted by Gasteiger charge is -2.14. The smallest absolute Gasteiger partial charge is 0.224 e. The summed E-state index contributed by atoms with van der Waals surface area (Å²) in [5.74, 6) is 0.587. The number of aliphatic hydroxyl groups is 1. The summed E-state index contributed by atoms with van der Waals surface area (Å²) in [6.07, 6.45) is -0.439. The third-order valence-electron chi connectivity index (χ3n) is 3.83. The van der Waals surface area contributed by atoms with Gasteiger partial charge in [0.2, 0.25) is 5.91 Å². The van der Waals surface area contributed by atoms with Gasteiger partial charge in [-0.1, -0.05) is 35.9 Å². The summed E-state index contributed by atoms with van der Waals surface area (Å²) in [6.45, 7) is 4.18. The molecular weight excluding hydrogens is 290 g/mol. The quantitative estimate of drug-likeness (QED) is 0.862. The van der Waals surface area contributed by atoms with E-state index in [4.69, 9.17) is 4.74 Å². The molecule has 1 amide bonds. The molecule has 1 atom stereocenters. The van der Waals surface area contributed by atoms with Gasteiger partial charge in [-0.3, -0.25) is 4.79 Å². The SMILES string of the molecule is COc1cccc(C(O)CNC(=O)Cc2cc(C)ccc2C)c1. The van der Waals surface area contributed by atoms with Gasteiger partial charge in [-0.2, -0.15) is 0 Å². The number of hydrogen-bond donors (Lipinski definition) is 2. The second-order valence-electron chi connectivity index (χ2n) is 5.70. The van der Waals surface area contributed by atoms with E-state index in [0.717, 1.165) is 22.3 Å². The van der Waals surface area contributed by atoms with E-state index in [1.165, 1.54) is 0 Å². The van der Waals surface area contributed by atoms with Gasteiger partial charge in [0.05, 0.1) is 19.6 Å². The van der Waals surface area contributed by atoms with E-state index in [1.807, 2.05) is 50.2 Å². The van der Waals surface area contributed by atoms with Crippen LogP contribution in [0.4, 0.5) is 0 Å². The molecule has 0 saturated carbocycles. The van der Waals surface area contributed by atoms with Gasteiger partial charge >= 0.3 is 0 Å². The minimum Gasteiger partial charge on any atom is -0.497 e. The van der Waals surface area contributed by atoms with Gasteiger partial charge in [0.15, 0.2) is 0 Å². The monoisotopic (exact) mass is 313 g/mol. The summed E-state index contributed by atoms with van der Waals surface area (Å²) in [5.41, 5.74) is 3.96. The van der Waals surface area contributed by atoms with Gasteiger partial charge in [0.25, 0.3) is 0 Å². The van der Waals surface area contributed by atoms with Crippen molar-refractivity contribution >= 4 is 5.91 Å². The molecule has 122 valence electrons. The van der Waals surface area contributed by atoms with Gasteiger partial charge in [-0.15, -0.1) is 0 Å². The van der Waals surface area contributed by atoms with Crippen LogP contribution in [0.1, 0.15) is 28.4 Å². The molecule has 0 aliphatic heterocycles. The molecule has 0 aliphatic carbocycles. The van der Waals surface area contributed by atoms with Crippen molar-refractivity contribution in [2.45, 2.75) is 26.4 Å². The van der Waals surface area contributed by atoms with Crippen LogP contribution in [0.2, 0.25) is 0 Å². The van der Waals surface area contributed by atoms with Crippen molar-refractivity contribution in [2.24, 2.45) is 0 Å². The van der Waals surface area contributed by atoms with Crippen molar-refractivity contribution < 1.29 is 14.6 Å².